The van der Waals surface area contributed by atoms with Gasteiger partial charge in [-0.05, 0) is 43.2 Å². The van der Waals surface area contributed by atoms with Crippen LogP contribution in [0.2, 0.25) is 0 Å². The van der Waals surface area contributed by atoms with Crippen molar-refractivity contribution in [3.63, 3.8) is 0 Å². The van der Waals surface area contributed by atoms with Crippen molar-refractivity contribution in [1.82, 2.24) is 9.97 Å². The summed E-state index contributed by atoms with van der Waals surface area (Å²) in [5, 5.41) is 3.29. The van der Waals surface area contributed by atoms with Crippen LogP contribution in [0, 0.1) is 6.92 Å². The van der Waals surface area contributed by atoms with Crippen molar-refractivity contribution in [1.29, 1.82) is 0 Å². The van der Waals surface area contributed by atoms with E-state index in [1.165, 1.54) is 11.3 Å². The van der Waals surface area contributed by atoms with Gasteiger partial charge >= 0.3 is 0 Å². The van der Waals surface area contributed by atoms with Gasteiger partial charge in [0, 0.05) is 6.20 Å². The Balaban J connectivity index is 1.63. The molecule has 2 heterocycles. The van der Waals surface area contributed by atoms with Crippen LogP contribution in [0.3, 0.4) is 0 Å². The number of anilines is 1. The summed E-state index contributed by atoms with van der Waals surface area (Å²) in [6, 6.07) is 11.3. The number of ether oxygens (including phenoxy) is 2. The number of amides is 1. The Kier molecular flexibility index (Phi) is 6.39. The predicted octanol–water partition coefficient (Wildman–Crippen LogP) is 4.27. The fourth-order valence-electron chi connectivity index (χ4n) is 2.61. The zero-order valence-corrected chi connectivity index (χ0v) is 16.6. The van der Waals surface area contributed by atoms with Crippen molar-refractivity contribution >= 4 is 22.4 Å². The number of thiazole rings is 1. The summed E-state index contributed by atoms with van der Waals surface area (Å²) in [7, 11) is 1.57. The molecule has 144 valence electrons. The number of methoxy groups -OCH3 is 1. The Morgan fingerprint density at radius 3 is 2.86 bits per heavy atom. The quantitative estimate of drug-likeness (QED) is 0.577. The van der Waals surface area contributed by atoms with E-state index in [0.29, 0.717) is 16.6 Å². The first kappa shape index (κ1) is 19.6. The predicted molar refractivity (Wildman–Crippen MR) is 111 cm³/mol. The van der Waals surface area contributed by atoms with Gasteiger partial charge in [0.15, 0.2) is 23.2 Å². The molecular weight excluding hydrogens is 374 g/mol. The molecule has 1 aromatic carbocycles. The molecule has 2 aromatic heterocycles. The maximum absolute atomic E-state index is 12.3. The van der Waals surface area contributed by atoms with Gasteiger partial charge in [-0.2, -0.15) is 0 Å². The van der Waals surface area contributed by atoms with Crippen LogP contribution in [0.4, 0.5) is 5.13 Å². The Morgan fingerprint density at radius 2 is 2.14 bits per heavy atom. The van der Waals surface area contributed by atoms with Crippen molar-refractivity contribution in [2.75, 3.05) is 19.0 Å². The molecule has 3 aromatic rings. The molecule has 0 fully saturated rings. The van der Waals surface area contributed by atoms with Gasteiger partial charge in [0.2, 0.25) is 0 Å². The van der Waals surface area contributed by atoms with Crippen molar-refractivity contribution in [3.05, 3.63) is 66.5 Å². The molecule has 0 radical (unpaired) electrons. The second kappa shape index (κ2) is 9.14. The lowest BCUT2D eigenvalue weighted by atomic mass is 10.1. The number of hydrogen-bond donors (Lipinski definition) is 1. The van der Waals surface area contributed by atoms with E-state index in [4.69, 9.17) is 9.47 Å². The molecule has 0 unspecified atom stereocenters. The highest BCUT2D eigenvalue weighted by molar-refractivity contribution is 7.19. The molecule has 28 heavy (non-hydrogen) atoms. The third kappa shape index (κ3) is 4.75. The maximum Gasteiger partial charge on any atom is 0.264 e. The summed E-state index contributed by atoms with van der Waals surface area (Å²) < 4.78 is 11.0. The van der Waals surface area contributed by atoms with E-state index in [-0.39, 0.29) is 12.5 Å². The average molecular weight is 395 g/mol. The Morgan fingerprint density at radius 1 is 1.29 bits per heavy atom. The zero-order chi connectivity index (χ0) is 19.9. The summed E-state index contributed by atoms with van der Waals surface area (Å²) in [5.74, 6) is 0.795. The summed E-state index contributed by atoms with van der Waals surface area (Å²) in [4.78, 5) is 21.9. The van der Waals surface area contributed by atoms with Gasteiger partial charge in [0.05, 0.1) is 23.4 Å². The molecule has 0 atom stereocenters. The van der Waals surface area contributed by atoms with E-state index in [2.05, 4.69) is 21.9 Å². The highest BCUT2D eigenvalue weighted by Crippen LogP contribution is 2.31. The molecule has 0 spiro atoms. The molecule has 3 rings (SSSR count). The first-order chi connectivity index (χ1) is 13.6. The van der Waals surface area contributed by atoms with E-state index >= 15 is 0 Å². The third-order valence-corrected chi connectivity index (χ3v) is 5.00. The number of rotatable bonds is 8. The van der Waals surface area contributed by atoms with Crippen molar-refractivity contribution in [3.8, 4) is 22.1 Å². The molecule has 1 N–H and O–H groups in total. The number of allylic oxidation sites excluding steroid dienone is 1. The molecule has 6 nitrogen and oxygen atoms in total. The molecule has 1 amide bonds. The van der Waals surface area contributed by atoms with E-state index in [0.717, 1.165) is 28.2 Å². The fraction of sp³-hybridized carbons (Fsp3) is 0.190. The van der Waals surface area contributed by atoms with Gasteiger partial charge in [0.1, 0.15) is 0 Å². The molecule has 0 saturated heterocycles. The Hall–Kier alpha value is -3.19. The fourth-order valence-corrected chi connectivity index (χ4v) is 3.57. The van der Waals surface area contributed by atoms with Crippen molar-refractivity contribution < 1.29 is 14.3 Å². The molecule has 7 heteroatoms. The lowest BCUT2D eigenvalue weighted by Gasteiger charge is -2.11. The first-order valence-electron chi connectivity index (χ1n) is 8.70. The number of hydrogen-bond acceptors (Lipinski definition) is 6. The van der Waals surface area contributed by atoms with Gasteiger partial charge in [-0.25, -0.2) is 4.98 Å². The number of nitrogens with one attached hydrogen (secondary N) is 1. The summed E-state index contributed by atoms with van der Waals surface area (Å²) in [5.41, 5.74) is 2.71. The first-order valence-corrected chi connectivity index (χ1v) is 9.51. The lowest BCUT2D eigenvalue weighted by molar-refractivity contribution is -0.118. The molecular formula is C21H21N3O3S. The van der Waals surface area contributed by atoms with Crippen LogP contribution in [0.1, 0.15) is 11.3 Å². The SMILES string of the molecule is C=CCc1ccc(OCC(=O)Nc2nc(C)c(-c3ccccn3)s2)c(OC)c1. The molecule has 0 aliphatic rings. The Bertz CT molecular complexity index is 970. The second-order valence-corrected chi connectivity index (χ2v) is 6.96. The smallest absolute Gasteiger partial charge is 0.264 e. The Labute approximate surface area is 167 Å². The van der Waals surface area contributed by atoms with Gasteiger partial charge in [-0.15, -0.1) is 6.58 Å². The number of pyridine rings is 1. The molecule has 0 bridgehead atoms. The van der Waals surface area contributed by atoms with Crippen LogP contribution >= 0.6 is 11.3 Å². The van der Waals surface area contributed by atoms with Gasteiger partial charge in [0.25, 0.3) is 5.91 Å². The number of aromatic nitrogens is 2. The number of carbonyl (C=O) groups excluding carboxylic acids is 1. The maximum atomic E-state index is 12.3. The third-order valence-electron chi connectivity index (χ3n) is 3.91. The number of nitrogens with zero attached hydrogens (tertiary/aromatic N) is 2. The molecule has 0 saturated carbocycles. The second-order valence-electron chi connectivity index (χ2n) is 5.96. The van der Waals surface area contributed by atoms with Crippen LogP contribution in [0.25, 0.3) is 10.6 Å². The van der Waals surface area contributed by atoms with E-state index < -0.39 is 0 Å². The standard InChI is InChI=1S/C21H21N3O3S/c1-4-7-15-9-10-17(18(12-15)26-3)27-13-19(25)24-21-23-14(2)20(28-21)16-8-5-6-11-22-16/h4-6,8-12H,1,7,13H2,2-3H3,(H,23,24,25). The summed E-state index contributed by atoms with van der Waals surface area (Å²) in [6.07, 6.45) is 4.28. The number of benzene rings is 1. The highest BCUT2D eigenvalue weighted by Gasteiger charge is 2.14. The van der Waals surface area contributed by atoms with E-state index in [9.17, 15) is 4.79 Å². The highest BCUT2D eigenvalue weighted by atomic mass is 32.1. The van der Waals surface area contributed by atoms with E-state index in [1.54, 1.807) is 19.4 Å². The van der Waals surface area contributed by atoms with Crippen LogP contribution < -0.4 is 14.8 Å². The summed E-state index contributed by atoms with van der Waals surface area (Å²) in [6.45, 7) is 5.47. The van der Waals surface area contributed by atoms with Crippen molar-refractivity contribution in [2.45, 2.75) is 13.3 Å². The minimum atomic E-state index is -0.293. The van der Waals surface area contributed by atoms with Crippen LogP contribution in [-0.4, -0.2) is 29.6 Å². The van der Waals surface area contributed by atoms with Gasteiger partial charge in [-0.1, -0.05) is 29.5 Å². The zero-order valence-electron chi connectivity index (χ0n) is 15.8. The van der Waals surface area contributed by atoms with Crippen LogP contribution in [0.5, 0.6) is 11.5 Å². The number of carbonyl (C=O) groups is 1. The van der Waals surface area contributed by atoms with Gasteiger partial charge < -0.3 is 9.47 Å². The monoisotopic (exact) mass is 395 g/mol. The number of aryl methyl sites for hydroxylation is 1. The van der Waals surface area contributed by atoms with Gasteiger partial charge in [-0.3, -0.25) is 15.1 Å². The minimum absolute atomic E-state index is 0.144. The van der Waals surface area contributed by atoms with Crippen molar-refractivity contribution in [2.24, 2.45) is 0 Å². The minimum Gasteiger partial charge on any atom is -0.493 e. The summed E-state index contributed by atoms with van der Waals surface area (Å²) >= 11 is 1.38. The topological polar surface area (TPSA) is 73.3 Å². The lowest BCUT2D eigenvalue weighted by Crippen LogP contribution is -2.20. The largest absolute Gasteiger partial charge is 0.493 e. The average Bonchev–Trinajstić information content (AvgIpc) is 3.07. The van der Waals surface area contributed by atoms with E-state index in [1.807, 2.05) is 43.3 Å². The normalized spacial score (nSPS) is 10.4. The molecule has 0 aliphatic heterocycles. The molecule has 0 aliphatic carbocycles. The van der Waals surface area contributed by atoms with Crippen LogP contribution in [-0.2, 0) is 11.2 Å². The van der Waals surface area contributed by atoms with Crippen LogP contribution in [0.15, 0.2) is 55.3 Å².